The molecule has 1 aliphatic rings. The van der Waals surface area contributed by atoms with Crippen molar-refractivity contribution in [3.63, 3.8) is 0 Å². The average molecular weight is 531 g/mol. The van der Waals surface area contributed by atoms with Crippen LogP contribution < -0.4 is 4.74 Å². The maximum Gasteiger partial charge on any atom is 0.458 e. The lowest BCUT2D eigenvalue weighted by Gasteiger charge is -2.28. The van der Waals surface area contributed by atoms with Crippen LogP contribution >= 0.6 is 22.6 Å². The average Bonchev–Trinajstić information content (AvgIpc) is 2.78. The van der Waals surface area contributed by atoms with E-state index in [1.807, 2.05) is 36.4 Å². The zero-order chi connectivity index (χ0) is 22.4. The maximum atomic E-state index is 10.2. The number of aromatic nitrogens is 1. The summed E-state index contributed by atoms with van der Waals surface area (Å²) in [5.74, 6) is 0.568. The largest absolute Gasteiger partial charge is 0.504 e. The summed E-state index contributed by atoms with van der Waals surface area (Å²) in [6, 6.07) is 9.55. The Morgan fingerprint density at radius 2 is 2.23 bits per heavy atom. The number of hydrogen-bond acceptors (Lipinski definition) is 5. The first-order chi connectivity index (χ1) is 14.9. The Bertz CT molecular complexity index is 991. The normalized spacial score (nSPS) is 16.8. The summed E-state index contributed by atoms with van der Waals surface area (Å²) in [6.07, 6.45) is 8.38. The number of allylic oxidation sites excluding steroid dienone is 2. The van der Waals surface area contributed by atoms with Crippen molar-refractivity contribution >= 4 is 41.4 Å². The highest BCUT2D eigenvalue weighted by Gasteiger charge is 2.28. The minimum absolute atomic E-state index is 0.136. The number of ether oxygens (including phenoxy) is 1. The Morgan fingerprint density at radius 3 is 2.90 bits per heavy atom. The van der Waals surface area contributed by atoms with Gasteiger partial charge < -0.3 is 19.5 Å². The van der Waals surface area contributed by atoms with Crippen LogP contribution in [-0.2, 0) is 4.65 Å². The third-order valence-electron chi connectivity index (χ3n) is 5.32. The van der Waals surface area contributed by atoms with Crippen molar-refractivity contribution in [2.45, 2.75) is 38.6 Å². The quantitative estimate of drug-likeness (QED) is 0.348. The second kappa shape index (κ2) is 11.0. The molecule has 7 heteroatoms. The van der Waals surface area contributed by atoms with Gasteiger partial charge in [0.15, 0.2) is 11.5 Å². The van der Waals surface area contributed by atoms with Crippen molar-refractivity contribution in [3.05, 3.63) is 75.2 Å². The van der Waals surface area contributed by atoms with Gasteiger partial charge in [0, 0.05) is 12.5 Å². The molecule has 2 aromatic rings. The highest BCUT2D eigenvalue weighted by atomic mass is 127. The number of methoxy groups -OCH3 is 1. The molecule has 0 saturated carbocycles. The first-order valence-corrected chi connectivity index (χ1v) is 11.4. The molecule has 1 aromatic carbocycles. The molecular weight excluding hydrogens is 504 g/mol. The summed E-state index contributed by atoms with van der Waals surface area (Å²) in [5, 5.41) is 20.2. The molecule has 0 fully saturated rings. The van der Waals surface area contributed by atoms with Crippen LogP contribution in [-0.4, -0.2) is 35.4 Å². The van der Waals surface area contributed by atoms with Gasteiger partial charge in [-0.3, -0.25) is 4.98 Å². The monoisotopic (exact) mass is 531 g/mol. The van der Waals surface area contributed by atoms with E-state index < -0.39 is 7.12 Å². The fraction of sp³-hybridized carbons (Fsp3) is 0.292. The molecule has 2 heterocycles. The summed E-state index contributed by atoms with van der Waals surface area (Å²) < 4.78 is 11.9. The lowest BCUT2D eigenvalue weighted by atomic mass is 9.77. The van der Waals surface area contributed by atoms with Gasteiger partial charge in [0.2, 0.25) is 0 Å². The molecule has 0 bridgehead atoms. The number of aromatic hydroxyl groups is 1. The second-order valence-electron chi connectivity index (χ2n) is 7.41. The molecule has 1 atom stereocenters. The van der Waals surface area contributed by atoms with Crippen LogP contribution in [0.5, 0.6) is 11.5 Å². The maximum absolute atomic E-state index is 10.2. The third-order valence-corrected chi connectivity index (χ3v) is 6.15. The molecule has 0 amide bonds. The summed E-state index contributed by atoms with van der Waals surface area (Å²) in [5.41, 5.74) is 4.94. The van der Waals surface area contributed by atoms with E-state index in [0.29, 0.717) is 28.5 Å². The fourth-order valence-corrected chi connectivity index (χ4v) is 4.25. The lowest BCUT2D eigenvalue weighted by Crippen LogP contribution is -2.31. The molecule has 1 aliphatic heterocycles. The Labute approximate surface area is 197 Å². The van der Waals surface area contributed by atoms with Gasteiger partial charge >= 0.3 is 7.12 Å². The molecule has 3 rings (SSSR count). The highest BCUT2D eigenvalue weighted by Crippen LogP contribution is 2.35. The molecule has 2 N–H and O–H groups in total. The van der Waals surface area contributed by atoms with Crippen molar-refractivity contribution in [3.8, 4) is 11.5 Å². The van der Waals surface area contributed by atoms with Gasteiger partial charge in [-0.25, -0.2) is 0 Å². The lowest BCUT2D eigenvalue weighted by molar-refractivity contribution is 0.184. The van der Waals surface area contributed by atoms with Crippen molar-refractivity contribution in [2.24, 2.45) is 0 Å². The summed E-state index contributed by atoms with van der Waals surface area (Å²) in [7, 11) is 0.752. The molecule has 162 valence electrons. The number of benzene rings is 1. The van der Waals surface area contributed by atoms with Crippen molar-refractivity contribution in [2.75, 3.05) is 7.11 Å². The van der Waals surface area contributed by atoms with E-state index in [2.05, 4.69) is 47.2 Å². The molecule has 0 aliphatic carbocycles. The van der Waals surface area contributed by atoms with Gasteiger partial charge in [-0.2, -0.15) is 0 Å². The second-order valence-corrected chi connectivity index (χ2v) is 8.57. The smallest absolute Gasteiger partial charge is 0.458 e. The topological polar surface area (TPSA) is 71.8 Å². The van der Waals surface area contributed by atoms with Gasteiger partial charge in [0.25, 0.3) is 0 Å². The van der Waals surface area contributed by atoms with Crippen LogP contribution in [0.2, 0.25) is 6.32 Å². The van der Waals surface area contributed by atoms with Crippen LogP contribution in [0.3, 0.4) is 0 Å². The first-order valence-electron chi connectivity index (χ1n) is 10.3. The van der Waals surface area contributed by atoms with E-state index in [9.17, 15) is 10.1 Å². The Hall–Kier alpha value is -2.10. The number of rotatable bonds is 8. The van der Waals surface area contributed by atoms with Gasteiger partial charge in [0.1, 0.15) is 0 Å². The zero-order valence-corrected chi connectivity index (χ0v) is 20.0. The number of phenols is 1. The van der Waals surface area contributed by atoms with Crippen molar-refractivity contribution in [1.29, 1.82) is 0 Å². The number of hydrogen-bond donors (Lipinski definition) is 2. The minimum atomic E-state index is -0.788. The standard InChI is InChI=1S/C24H27BINO4/c1-4-16(2)19-10-11-25(29)31-22(19)9-8-18(21-7-5-6-12-27-21)13-17-14-20(26)24(28)23(15-17)30-3/h5-7,10,12-15,22,28-29H,2,4,8-9,11H2,1,3H3/b18-13-. The Kier molecular flexibility index (Phi) is 8.34. The van der Waals surface area contributed by atoms with Gasteiger partial charge in [0.05, 0.1) is 22.5 Å². The van der Waals surface area contributed by atoms with Crippen LogP contribution in [0.1, 0.15) is 37.4 Å². The predicted molar refractivity (Wildman–Crippen MR) is 134 cm³/mol. The van der Waals surface area contributed by atoms with Crippen LogP contribution in [0.25, 0.3) is 11.6 Å². The molecule has 0 spiro atoms. The van der Waals surface area contributed by atoms with E-state index in [-0.39, 0.29) is 11.9 Å². The first kappa shape index (κ1) is 23.6. The zero-order valence-electron chi connectivity index (χ0n) is 17.8. The van der Waals surface area contributed by atoms with E-state index in [1.54, 1.807) is 13.3 Å². The van der Waals surface area contributed by atoms with Crippen LogP contribution in [0.15, 0.2) is 60.3 Å². The Balaban J connectivity index is 1.91. The van der Waals surface area contributed by atoms with Gasteiger partial charge in [-0.15, -0.1) is 0 Å². The molecular formula is C24H27BINO4. The number of nitrogens with zero attached hydrogens (tertiary/aromatic N) is 1. The highest BCUT2D eigenvalue weighted by molar-refractivity contribution is 14.1. The molecule has 5 nitrogen and oxygen atoms in total. The predicted octanol–water partition coefficient (Wildman–Crippen LogP) is 5.49. The SMILES string of the molecule is C=C(CC)C1=CCB(O)OC1CC/C(=C/c1cc(I)c(O)c(OC)c1)c1ccccn1. The van der Waals surface area contributed by atoms with E-state index in [0.717, 1.165) is 34.4 Å². The van der Waals surface area contributed by atoms with Crippen molar-refractivity contribution < 1.29 is 19.5 Å². The fourth-order valence-electron chi connectivity index (χ4n) is 3.62. The molecule has 1 unspecified atom stereocenters. The van der Waals surface area contributed by atoms with Gasteiger partial charge in [-0.1, -0.05) is 31.2 Å². The summed E-state index contributed by atoms with van der Waals surface area (Å²) >= 11 is 2.09. The van der Waals surface area contributed by atoms with Crippen LogP contribution in [0, 0.1) is 3.57 Å². The van der Waals surface area contributed by atoms with Crippen molar-refractivity contribution in [1.82, 2.24) is 4.98 Å². The molecule has 0 saturated heterocycles. The van der Waals surface area contributed by atoms with E-state index >= 15 is 0 Å². The van der Waals surface area contributed by atoms with E-state index in [1.165, 1.54) is 0 Å². The van der Waals surface area contributed by atoms with E-state index in [4.69, 9.17) is 9.39 Å². The number of phenolic OH excluding ortho intramolecular Hbond substituents is 1. The molecule has 0 radical (unpaired) electrons. The molecule has 1 aromatic heterocycles. The Morgan fingerprint density at radius 1 is 1.42 bits per heavy atom. The van der Waals surface area contributed by atoms with Gasteiger partial charge in [-0.05, 0) is 88.9 Å². The number of halogens is 1. The summed E-state index contributed by atoms with van der Waals surface area (Å²) in [4.78, 5) is 4.53. The number of pyridine rings is 1. The third kappa shape index (κ3) is 5.99. The van der Waals surface area contributed by atoms with Crippen LogP contribution in [0.4, 0.5) is 0 Å². The minimum Gasteiger partial charge on any atom is -0.504 e. The molecule has 31 heavy (non-hydrogen) atoms. The summed E-state index contributed by atoms with van der Waals surface area (Å²) in [6.45, 7) is 6.24.